The molecule has 14 heavy (non-hydrogen) atoms. The predicted octanol–water partition coefficient (Wildman–Crippen LogP) is 1.10. The van der Waals surface area contributed by atoms with Crippen LogP contribution in [0.5, 0.6) is 5.88 Å². The third-order valence-corrected chi connectivity index (χ3v) is 1.94. The molecule has 0 saturated carbocycles. The van der Waals surface area contributed by atoms with Gasteiger partial charge >= 0.3 is 0 Å². The Hall–Kier alpha value is -1.91. The maximum Gasteiger partial charge on any atom is 0.244 e. The van der Waals surface area contributed by atoms with E-state index in [1.807, 2.05) is 0 Å². The van der Waals surface area contributed by atoms with Gasteiger partial charge in [0.2, 0.25) is 11.8 Å². The van der Waals surface area contributed by atoms with Gasteiger partial charge < -0.3 is 4.74 Å². The first kappa shape index (κ1) is 8.68. The number of pyridine rings is 1. The summed E-state index contributed by atoms with van der Waals surface area (Å²) in [7, 11) is 1.55. The maximum atomic E-state index is 11.1. The van der Waals surface area contributed by atoms with Gasteiger partial charge in [-0.3, -0.25) is 4.79 Å². The zero-order valence-corrected chi connectivity index (χ0v) is 7.89. The van der Waals surface area contributed by atoms with Crippen molar-refractivity contribution in [2.45, 2.75) is 6.92 Å². The summed E-state index contributed by atoms with van der Waals surface area (Å²) in [6.45, 7) is 1.46. The molecule has 0 amide bonds. The maximum absolute atomic E-state index is 11.1. The second-order valence-electron chi connectivity index (χ2n) is 2.86. The summed E-state index contributed by atoms with van der Waals surface area (Å²) < 4.78 is 6.27. The average molecular weight is 191 g/mol. The standard InChI is InChI=1S/C9H9N3O2/c1-6(13)12-8-5-10-9(14-2)3-7(8)4-11-12/h3-5H,1-2H3. The smallest absolute Gasteiger partial charge is 0.244 e. The minimum atomic E-state index is -0.132. The number of ether oxygens (including phenoxy) is 1. The van der Waals surface area contributed by atoms with E-state index in [1.54, 1.807) is 25.6 Å². The monoisotopic (exact) mass is 191 g/mol. The van der Waals surface area contributed by atoms with E-state index in [0.717, 1.165) is 5.39 Å². The van der Waals surface area contributed by atoms with E-state index in [2.05, 4.69) is 10.1 Å². The summed E-state index contributed by atoms with van der Waals surface area (Å²) in [4.78, 5) is 15.1. The highest BCUT2D eigenvalue weighted by Crippen LogP contribution is 2.16. The number of carbonyl (C=O) groups excluding carboxylic acids is 1. The normalized spacial score (nSPS) is 10.4. The summed E-state index contributed by atoms with van der Waals surface area (Å²) in [5.74, 6) is 0.382. The van der Waals surface area contributed by atoms with Crippen molar-refractivity contribution in [2.24, 2.45) is 0 Å². The summed E-state index contributed by atoms with van der Waals surface area (Å²) in [5.41, 5.74) is 0.693. The fraction of sp³-hybridized carbons (Fsp3) is 0.222. The number of carbonyl (C=O) groups is 1. The Bertz CT molecular complexity index is 490. The number of rotatable bonds is 1. The topological polar surface area (TPSA) is 57.0 Å². The van der Waals surface area contributed by atoms with E-state index in [4.69, 9.17) is 4.74 Å². The zero-order valence-electron chi connectivity index (χ0n) is 7.89. The molecule has 5 nitrogen and oxygen atoms in total. The zero-order chi connectivity index (χ0) is 10.1. The molecular formula is C9H9N3O2. The van der Waals surface area contributed by atoms with Crippen molar-refractivity contribution < 1.29 is 9.53 Å². The van der Waals surface area contributed by atoms with Crippen LogP contribution in [0.4, 0.5) is 0 Å². The molecule has 0 aromatic carbocycles. The highest BCUT2D eigenvalue weighted by atomic mass is 16.5. The molecule has 0 bridgehead atoms. The first-order valence-corrected chi connectivity index (χ1v) is 4.11. The fourth-order valence-corrected chi connectivity index (χ4v) is 1.27. The molecule has 0 saturated heterocycles. The molecule has 0 aliphatic heterocycles. The number of hydrogen-bond acceptors (Lipinski definition) is 4. The lowest BCUT2D eigenvalue weighted by Crippen LogP contribution is -2.06. The van der Waals surface area contributed by atoms with Gasteiger partial charge in [-0.1, -0.05) is 0 Å². The van der Waals surface area contributed by atoms with Crippen LogP contribution in [-0.4, -0.2) is 27.8 Å². The molecule has 0 fully saturated rings. The van der Waals surface area contributed by atoms with Gasteiger partial charge in [0.25, 0.3) is 0 Å². The van der Waals surface area contributed by atoms with Crippen molar-refractivity contribution in [3.05, 3.63) is 18.5 Å². The van der Waals surface area contributed by atoms with E-state index in [-0.39, 0.29) is 5.91 Å². The predicted molar refractivity (Wildman–Crippen MR) is 50.4 cm³/mol. The van der Waals surface area contributed by atoms with Crippen molar-refractivity contribution in [2.75, 3.05) is 7.11 Å². The van der Waals surface area contributed by atoms with Crippen LogP contribution in [0.1, 0.15) is 11.7 Å². The van der Waals surface area contributed by atoms with Gasteiger partial charge in [0.1, 0.15) is 0 Å². The molecule has 5 heteroatoms. The molecule has 2 rings (SSSR count). The van der Waals surface area contributed by atoms with Crippen LogP contribution < -0.4 is 4.74 Å². The molecule has 0 aliphatic carbocycles. The van der Waals surface area contributed by atoms with Crippen LogP contribution >= 0.6 is 0 Å². The molecular weight excluding hydrogens is 182 g/mol. The summed E-state index contributed by atoms with van der Waals surface area (Å²) in [6.07, 6.45) is 3.18. The van der Waals surface area contributed by atoms with Crippen molar-refractivity contribution in [3.63, 3.8) is 0 Å². The Labute approximate surface area is 80.3 Å². The lowest BCUT2D eigenvalue weighted by molar-refractivity contribution is 0.0926. The molecule has 0 unspecified atom stereocenters. The van der Waals surface area contributed by atoms with Crippen LogP contribution in [0.2, 0.25) is 0 Å². The largest absolute Gasteiger partial charge is 0.481 e. The van der Waals surface area contributed by atoms with Crippen LogP contribution in [0.15, 0.2) is 18.5 Å². The first-order chi connectivity index (χ1) is 6.72. The molecule has 2 aromatic rings. The molecule has 0 N–H and O–H groups in total. The van der Waals surface area contributed by atoms with E-state index in [1.165, 1.54) is 11.6 Å². The Morgan fingerprint density at radius 3 is 2.93 bits per heavy atom. The van der Waals surface area contributed by atoms with Crippen LogP contribution in [-0.2, 0) is 0 Å². The Morgan fingerprint density at radius 1 is 1.50 bits per heavy atom. The minimum Gasteiger partial charge on any atom is -0.481 e. The van der Waals surface area contributed by atoms with Gasteiger partial charge in [-0.2, -0.15) is 9.78 Å². The highest BCUT2D eigenvalue weighted by molar-refractivity contribution is 5.89. The average Bonchev–Trinajstić information content (AvgIpc) is 2.59. The second kappa shape index (κ2) is 3.10. The lowest BCUT2D eigenvalue weighted by atomic mass is 10.3. The van der Waals surface area contributed by atoms with Gasteiger partial charge in [0, 0.05) is 18.4 Å². The van der Waals surface area contributed by atoms with Gasteiger partial charge in [0.15, 0.2) is 0 Å². The summed E-state index contributed by atoms with van der Waals surface area (Å²) >= 11 is 0. The highest BCUT2D eigenvalue weighted by Gasteiger charge is 2.07. The minimum absolute atomic E-state index is 0.132. The van der Waals surface area contributed by atoms with Gasteiger partial charge in [0.05, 0.1) is 25.0 Å². The van der Waals surface area contributed by atoms with E-state index < -0.39 is 0 Å². The Morgan fingerprint density at radius 2 is 2.29 bits per heavy atom. The quantitative estimate of drug-likeness (QED) is 0.677. The summed E-state index contributed by atoms with van der Waals surface area (Å²) in [5, 5.41) is 4.78. The fourth-order valence-electron chi connectivity index (χ4n) is 1.27. The van der Waals surface area contributed by atoms with Crippen LogP contribution in [0, 0.1) is 0 Å². The number of aromatic nitrogens is 3. The number of hydrogen-bond donors (Lipinski definition) is 0. The number of nitrogens with zero attached hydrogens (tertiary/aromatic N) is 3. The first-order valence-electron chi connectivity index (χ1n) is 4.11. The van der Waals surface area contributed by atoms with Crippen LogP contribution in [0.3, 0.4) is 0 Å². The summed E-state index contributed by atoms with van der Waals surface area (Å²) in [6, 6.07) is 1.74. The molecule has 0 aliphatic rings. The molecule has 0 spiro atoms. The third kappa shape index (κ3) is 1.22. The van der Waals surface area contributed by atoms with Gasteiger partial charge in [-0.25, -0.2) is 4.98 Å². The second-order valence-corrected chi connectivity index (χ2v) is 2.86. The molecule has 2 heterocycles. The molecule has 0 atom stereocenters. The number of fused-ring (bicyclic) bond motifs is 1. The number of methoxy groups -OCH3 is 1. The Balaban J connectivity index is 2.65. The van der Waals surface area contributed by atoms with Gasteiger partial charge in [-0.05, 0) is 0 Å². The SMILES string of the molecule is COc1cc2cnn(C(C)=O)c2cn1. The van der Waals surface area contributed by atoms with Crippen molar-refractivity contribution >= 4 is 16.8 Å². The van der Waals surface area contributed by atoms with E-state index in [0.29, 0.717) is 11.4 Å². The van der Waals surface area contributed by atoms with Crippen LogP contribution in [0.25, 0.3) is 10.9 Å². The Kier molecular flexibility index (Phi) is 1.92. The third-order valence-electron chi connectivity index (χ3n) is 1.94. The molecule has 72 valence electrons. The lowest BCUT2D eigenvalue weighted by Gasteiger charge is -1.98. The van der Waals surface area contributed by atoms with Crippen molar-refractivity contribution in [1.82, 2.24) is 14.8 Å². The van der Waals surface area contributed by atoms with Crippen molar-refractivity contribution in [1.29, 1.82) is 0 Å². The molecule has 2 aromatic heterocycles. The van der Waals surface area contributed by atoms with Crippen molar-refractivity contribution in [3.8, 4) is 5.88 Å². The van der Waals surface area contributed by atoms with Gasteiger partial charge in [-0.15, -0.1) is 0 Å². The van der Waals surface area contributed by atoms with E-state index >= 15 is 0 Å². The molecule has 0 radical (unpaired) electrons. The van der Waals surface area contributed by atoms with E-state index in [9.17, 15) is 4.79 Å².